The van der Waals surface area contributed by atoms with Crippen LogP contribution in [0.3, 0.4) is 0 Å². The first-order chi connectivity index (χ1) is 12.3. The molecule has 0 atom stereocenters. The molecule has 25 heavy (non-hydrogen) atoms. The predicted octanol–water partition coefficient (Wildman–Crippen LogP) is 6.61. The number of aryl methyl sites for hydroxylation is 1. The lowest BCUT2D eigenvalue weighted by Gasteiger charge is -2.03. The lowest BCUT2D eigenvalue weighted by Crippen LogP contribution is -1.86. The average molecular weight is 352 g/mol. The second kappa shape index (κ2) is 8.82. The summed E-state index contributed by atoms with van der Waals surface area (Å²) in [6.07, 6.45) is 8.38. The molecule has 1 aromatic heterocycles. The van der Waals surface area contributed by atoms with Crippen molar-refractivity contribution in [2.24, 2.45) is 0 Å². The molecule has 3 heteroatoms. The third-order valence-electron chi connectivity index (χ3n) is 4.40. The Balaban J connectivity index is 1.67. The monoisotopic (exact) mass is 351 g/mol. The predicted molar refractivity (Wildman–Crippen MR) is 107 cm³/mol. The van der Waals surface area contributed by atoms with Gasteiger partial charge in [0.05, 0.1) is 12.0 Å². The molecular formula is C22H25NOS. The van der Waals surface area contributed by atoms with Gasteiger partial charge in [-0.05, 0) is 48.2 Å². The van der Waals surface area contributed by atoms with Crippen molar-refractivity contribution in [2.75, 3.05) is 7.11 Å². The molecule has 3 aromatic rings. The van der Waals surface area contributed by atoms with Crippen LogP contribution in [-0.2, 0) is 6.42 Å². The van der Waals surface area contributed by atoms with Crippen LogP contribution in [0.4, 0.5) is 0 Å². The number of nitrogens with zero attached hydrogens (tertiary/aromatic N) is 1. The Kier molecular flexibility index (Phi) is 6.24. The molecule has 130 valence electrons. The van der Waals surface area contributed by atoms with Gasteiger partial charge in [0.25, 0.3) is 0 Å². The van der Waals surface area contributed by atoms with Crippen molar-refractivity contribution < 1.29 is 4.74 Å². The Morgan fingerprint density at radius 1 is 0.880 bits per heavy atom. The van der Waals surface area contributed by atoms with E-state index in [1.54, 1.807) is 18.4 Å². The van der Waals surface area contributed by atoms with E-state index in [2.05, 4.69) is 48.3 Å². The fraction of sp³-hybridized carbons (Fsp3) is 0.318. The largest absolute Gasteiger partial charge is 0.497 e. The zero-order valence-corrected chi connectivity index (χ0v) is 15.8. The van der Waals surface area contributed by atoms with Crippen molar-refractivity contribution in [2.45, 2.75) is 39.0 Å². The van der Waals surface area contributed by atoms with Crippen LogP contribution in [-0.4, -0.2) is 12.1 Å². The van der Waals surface area contributed by atoms with Gasteiger partial charge in [-0.2, -0.15) is 0 Å². The molecule has 1 heterocycles. The fourth-order valence-electron chi connectivity index (χ4n) is 2.87. The molecular weight excluding hydrogens is 326 g/mol. The fourth-order valence-corrected chi connectivity index (χ4v) is 3.79. The highest BCUT2D eigenvalue weighted by Gasteiger charge is 2.07. The van der Waals surface area contributed by atoms with Gasteiger partial charge in [-0.15, -0.1) is 11.3 Å². The normalized spacial score (nSPS) is 10.8. The van der Waals surface area contributed by atoms with Gasteiger partial charge in [-0.25, -0.2) is 4.98 Å². The highest BCUT2D eigenvalue weighted by Crippen LogP contribution is 2.33. The molecule has 0 saturated carbocycles. The van der Waals surface area contributed by atoms with Gasteiger partial charge in [0.1, 0.15) is 10.8 Å². The summed E-state index contributed by atoms with van der Waals surface area (Å²) in [7, 11) is 1.69. The Morgan fingerprint density at radius 2 is 1.60 bits per heavy atom. The SMILES string of the molecule is CCCCCCc1ccc(-c2ncc(-c3ccc(OC)cc3)s2)cc1. The summed E-state index contributed by atoms with van der Waals surface area (Å²) in [5.74, 6) is 0.878. The van der Waals surface area contributed by atoms with Crippen molar-refractivity contribution in [1.29, 1.82) is 0 Å². The minimum atomic E-state index is 0.878. The number of aromatic nitrogens is 1. The number of hydrogen-bond acceptors (Lipinski definition) is 3. The quantitative estimate of drug-likeness (QED) is 0.426. The van der Waals surface area contributed by atoms with Crippen molar-refractivity contribution in [3.8, 4) is 26.8 Å². The summed E-state index contributed by atoms with van der Waals surface area (Å²) >= 11 is 1.73. The van der Waals surface area contributed by atoms with E-state index in [4.69, 9.17) is 4.74 Å². The molecule has 0 aliphatic rings. The number of thiazole rings is 1. The number of benzene rings is 2. The Hall–Kier alpha value is -2.13. The Labute approximate surface area is 154 Å². The van der Waals surface area contributed by atoms with Gasteiger partial charge >= 0.3 is 0 Å². The first-order valence-corrected chi connectivity index (χ1v) is 9.81. The van der Waals surface area contributed by atoms with Gasteiger partial charge < -0.3 is 4.74 Å². The summed E-state index contributed by atoms with van der Waals surface area (Å²) in [4.78, 5) is 5.79. The molecule has 0 radical (unpaired) electrons. The molecule has 0 fully saturated rings. The van der Waals surface area contributed by atoms with Crippen LogP contribution in [0.5, 0.6) is 5.75 Å². The van der Waals surface area contributed by atoms with Crippen LogP contribution in [0.25, 0.3) is 21.0 Å². The average Bonchev–Trinajstić information content (AvgIpc) is 3.16. The minimum absolute atomic E-state index is 0.878. The Morgan fingerprint density at radius 3 is 2.28 bits per heavy atom. The van der Waals surface area contributed by atoms with Crippen molar-refractivity contribution in [1.82, 2.24) is 4.98 Å². The first kappa shape index (κ1) is 17.7. The molecule has 2 nitrogen and oxygen atoms in total. The smallest absolute Gasteiger partial charge is 0.123 e. The molecule has 0 unspecified atom stereocenters. The molecule has 0 saturated heterocycles. The summed E-state index contributed by atoms with van der Waals surface area (Å²) in [5, 5.41) is 1.07. The van der Waals surface area contributed by atoms with E-state index in [0.29, 0.717) is 0 Å². The molecule has 0 aliphatic carbocycles. The van der Waals surface area contributed by atoms with E-state index in [1.807, 2.05) is 18.3 Å². The summed E-state index contributed by atoms with van der Waals surface area (Å²) in [6.45, 7) is 2.25. The van der Waals surface area contributed by atoms with Crippen LogP contribution in [0, 0.1) is 0 Å². The standard InChI is InChI=1S/C22H25NOS/c1-3-4-5-6-7-17-8-10-19(11-9-17)22-23-16-21(25-22)18-12-14-20(24-2)15-13-18/h8-16H,3-7H2,1-2H3. The van der Waals surface area contributed by atoms with E-state index in [0.717, 1.165) is 10.8 Å². The molecule has 0 spiro atoms. The van der Waals surface area contributed by atoms with E-state index in [-0.39, 0.29) is 0 Å². The summed E-state index contributed by atoms with van der Waals surface area (Å²) in [6, 6.07) is 17.0. The lowest BCUT2D eigenvalue weighted by atomic mass is 10.0. The lowest BCUT2D eigenvalue weighted by molar-refractivity contribution is 0.415. The molecule has 3 rings (SSSR count). The molecule has 0 aliphatic heterocycles. The summed E-state index contributed by atoms with van der Waals surface area (Å²) in [5.41, 5.74) is 3.80. The van der Waals surface area contributed by atoms with Crippen LogP contribution in [0.1, 0.15) is 38.2 Å². The second-order valence-electron chi connectivity index (χ2n) is 6.27. The van der Waals surface area contributed by atoms with Crippen molar-refractivity contribution in [3.05, 3.63) is 60.3 Å². The third-order valence-corrected chi connectivity index (χ3v) is 5.50. The van der Waals surface area contributed by atoms with Crippen LogP contribution < -0.4 is 4.74 Å². The van der Waals surface area contributed by atoms with Gasteiger partial charge in [0.15, 0.2) is 0 Å². The Bertz CT molecular complexity index is 775. The van der Waals surface area contributed by atoms with E-state index < -0.39 is 0 Å². The third kappa shape index (κ3) is 4.70. The zero-order valence-electron chi connectivity index (χ0n) is 15.0. The van der Waals surface area contributed by atoms with Gasteiger partial charge in [0, 0.05) is 11.8 Å². The van der Waals surface area contributed by atoms with Gasteiger partial charge in [-0.1, -0.05) is 50.5 Å². The molecule has 2 aromatic carbocycles. The minimum Gasteiger partial charge on any atom is -0.497 e. The van der Waals surface area contributed by atoms with Crippen molar-refractivity contribution in [3.63, 3.8) is 0 Å². The maximum atomic E-state index is 5.22. The number of methoxy groups -OCH3 is 1. The van der Waals surface area contributed by atoms with Crippen LogP contribution in [0.2, 0.25) is 0 Å². The highest BCUT2D eigenvalue weighted by atomic mass is 32.1. The second-order valence-corrected chi connectivity index (χ2v) is 7.30. The topological polar surface area (TPSA) is 22.1 Å². The van der Waals surface area contributed by atoms with E-state index in [9.17, 15) is 0 Å². The van der Waals surface area contributed by atoms with Gasteiger partial charge in [0.2, 0.25) is 0 Å². The number of hydrogen-bond donors (Lipinski definition) is 0. The van der Waals surface area contributed by atoms with E-state index >= 15 is 0 Å². The summed E-state index contributed by atoms with van der Waals surface area (Å²) < 4.78 is 5.22. The van der Waals surface area contributed by atoms with Crippen LogP contribution in [0.15, 0.2) is 54.7 Å². The molecule has 0 bridgehead atoms. The molecule has 0 N–H and O–H groups in total. The van der Waals surface area contributed by atoms with E-state index in [1.165, 1.54) is 53.7 Å². The first-order valence-electron chi connectivity index (χ1n) is 8.99. The maximum Gasteiger partial charge on any atom is 0.123 e. The van der Waals surface area contributed by atoms with Crippen molar-refractivity contribution >= 4 is 11.3 Å². The number of ether oxygens (including phenoxy) is 1. The molecule has 0 amide bonds. The van der Waals surface area contributed by atoms with Crippen LogP contribution >= 0.6 is 11.3 Å². The maximum absolute atomic E-state index is 5.22. The highest BCUT2D eigenvalue weighted by molar-refractivity contribution is 7.18. The number of unbranched alkanes of at least 4 members (excludes halogenated alkanes) is 3. The van der Waals surface area contributed by atoms with Gasteiger partial charge in [-0.3, -0.25) is 0 Å². The number of rotatable bonds is 8. The zero-order chi connectivity index (χ0) is 17.5.